The topological polar surface area (TPSA) is 72.0 Å². The maximum atomic E-state index is 5.26. The summed E-state index contributed by atoms with van der Waals surface area (Å²) in [5.41, 5.74) is 1.74. The molecule has 3 aromatic rings. The quantitative estimate of drug-likeness (QED) is 0.566. The van der Waals surface area contributed by atoms with Crippen LogP contribution in [-0.4, -0.2) is 28.6 Å². The number of nitrogens with zero attached hydrogens (tertiary/aromatic N) is 3. The molecule has 0 aliphatic rings. The van der Waals surface area contributed by atoms with Gasteiger partial charge < -0.3 is 15.4 Å². The second kappa shape index (κ2) is 7.61. The number of nitrogens with one attached hydrogen (secondary N) is 2. The SMILES string of the molecule is CCCNc1nc(Nc2cnc3ccc(OC)cc3c2)ncc1I. The number of rotatable bonds is 6. The Morgan fingerprint density at radius 2 is 2.04 bits per heavy atom. The van der Waals surface area contributed by atoms with Crippen LogP contribution in [0.25, 0.3) is 10.9 Å². The van der Waals surface area contributed by atoms with Crippen molar-refractivity contribution in [3.63, 3.8) is 0 Å². The number of fused-ring (bicyclic) bond motifs is 1. The van der Waals surface area contributed by atoms with Gasteiger partial charge in [-0.1, -0.05) is 6.92 Å². The average Bonchev–Trinajstić information content (AvgIpc) is 2.61. The first-order valence-corrected chi connectivity index (χ1v) is 8.74. The second-order valence-electron chi connectivity index (χ2n) is 5.22. The van der Waals surface area contributed by atoms with Crippen LogP contribution in [-0.2, 0) is 0 Å². The van der Waals surface area contributed by atoms with Crippen LogP contribution < -0.4 is 15.4 Å². The fourth-order valence-corrected chi connectivity index (χ4v) is 2.68. The number of ether oxygens (including phenoxy) is 1. The van der Waals surface area contributed by atoms with Gasteiger partial charge >= 0.3 is 0 Å². The van der Waals surface area contributed by atoms with Gasteiger partial charge in [0, 0.05) is 18.1 Å². The first-order chi connectivity index (χ1) is 11.7. The third-order valence-corrected chi connectivity index (χ3v) is 4.22. The van der Waals surface area contributed by atoms with Crippen LogP contribution in [0.5, 0.6) is 5.75 Å². The summed E-state index contributed by atoms with van der Waals surface area (Å²) in [6, 6.07) is 7.80. The summed E-state index contributed by atoms with van der Waals surface area (Å²) < 4.78 is 6.26. The van der Waals surface area contributed by atoms with Crippen molar-refractivity contribution < 1.29 is 4.74 Å². The standard InChI is InChI=1S/C17H18IN5O/c1-3-6-19-16-14(18)10-21-17(23-16)22-12-7-11-8-13(24-2)4-5-15(11)20-9-12/h4-5,7-10H,3,6H2,1-2H3,(H2,19,21,22,23). The fraction of sp³-hybridized carbons (Fsp3) is 0.235. The normalized spacial score (nSPS) is 10.6. The summed E-state index contributed by atoms with van der Waals surface area (Å²) in [6.07, 6.45) is 4.61. The van der Waals surface area contributed by atoms with Crippen molar-refractivity contribution in [1.29, 1.82) is 0 Å². The Bertz CT molecular complexity index is 856. The van der Waals surface area contributed by atoms with Crippen LogP contribution in [0.4, 0.5) is 17.5 Å². The summed E-state index contributed by atoms with van der Waals surface area (Å²) in [7, 11) is 1.65. The van der Waals surface area contributed by atoms with E-state index in [1.54, 1.807) is 19.5 Å². The van der Waals surface area contributed by atoms with Gasteiger partial charge in [0.1, 0.15) is 11.6 Å². The van der Waals surface area contributed by atoms with Crippen LogP contribution in [0.3, 0.4) is 0 Å². The second-order valence-corrected chi connectivity index (χ2v) is 6.39. The molecule has 0 saturated carbocycles. The number of hydrogen-bond acceptors (Lipinski definition) is 6. The lowest BCUT2D eigenvalue weighted by Crippen LogP contribution is -2.07. The van der Waals surface area contributed by atoms with Crippen LogP contribution >= 0.6 is 22.6 Å². The van der Waals surface area contributed by atoms with Gasteiger partial charge in [-0.2, -0.15) is 4.98 Å². The smallest absolute Gasteiger partial charge is 0.229 e. The van der Waals surface area contributed by atoms with E-state index in [-0.39, 0.29) is 0 Å². The van der Waals surface area contributed by atoms with Gasteiger partial charge in [-0.05, 0) is 53.3 Å². The van der Waals surface area contributed by atoms with E-state index in [0.29, 0.717) is 5.95 Å². The molecule has 0 atom stereocenters. The molecule has 0 radical (unpaired) electrons. The van der Waals surface area contributed by atoms with Crippen molar-refractivity contribution in [2.45, 2.75) is 13.3 Å². The molecule has 0 unspecified atom stereocenters. The molecule has 0 amide bonds. The summed E-state index contributed by atoms with van der Waals surface area (Å²) in [5.74, 6) is 2.18. The van der Waals surface area contributed by atoms with Crippen molar-refractivity contribution in [2.75, 3.05) is 24.3 Å². The molecular weight excluding hydrogens is 417 g/mol. The molecule has 0 aliphatic carbocycles. The van der Waals surface area contributed by atoms with E-state index in [9.17, 15) is 0 Å². The molecule has 24 heavy (non-hydrogen) atoms. The predicted molar refractivity (Wildman–Crippen MR) is 105 cm³/mol. The van der Waals surface area contributed by atoms with E-state index < -0.39 is 0 Å². The highest BCUT2D eigenvalue weighted by Gasteiger charge is 2.06. The van der Waals surface area contributed by atoms with E-state index in [1.807, 2.05) is 24.3 Å². The van der Waals surface area contributed by atoms with E-state index in [1.165, 1.54) is 0 Å². The molecule has 3 rings (SSSR count). The molecule has 6 nitrogen and oxygen atoms in total. The molecule has 124 valence electrons. The number of pyridine rings is 1. The van der Waals surface area contributed by atoms with Crippen molar-refractivity contribution in [3.8, 4) is 5.75 Å². The van der Waals surface area contributed by atoms with Gasteiger partial charge in [-0.15, -0.1) is 0 Å². The summed E-state index contributed by atoms with van der Waals surface area (Å²) in [6.45, 7) is 3.00. The Morgan fingerprint density at radius 3 is 2.83 bits per heavy atom. The highest BCUT2D eigenvalue weighted by molar-refractivity contribution is 14.1. The highest BCUT2D eigenvalue weighted by Crippen LogP contribution is 2.24. The first kappa shape index (κ1) is 16.7. The number of halogens is 1. The van der Waals surface area contributed by atoms with E-state index in [4.69, 9.17) is 4.74 Å². The van der Waals surface area contributed by atoms with Crippen LogP contribution in [0, 0.1) is 3.57 Å². The summed E-state index contributed by atoms with van der Waals surface area (Å²) >= 11 is 2.23. The molecule has 7 heteroatoms. The zero-order valence-corrected chi connectivity index (χ0v) is 15.7. The highest BCUT2D eigenvalue weighted by atomic mass is 127. The number of hydrogen-bond donors (Lipinski definition) is 2. The lowest BCUT2D eigenvalue weighted by molar-refractivity contribution is 0.415. The molecule has 0 fully saturated rings. The lowest BCUT2D eigenvalue weighted by atomic mass is 10.2. The molecule has 0 bridgehead atoms. The molecule has 0 saturated heterocycles. The van der Waals surface area contributed by atoms with Crippen molar-refractivity contribution in [1.82, 2.24) is 15.0 Å². The zero-order chi connectivity index (χ0) is 16.9. The van der Waals surface area contributed by atoms with Crippen LogP contribution in [0.15, 0.2) is 36.7 Å². The molecule has 2 N–H and O–H groups in total. The van der Waals surface area contributed by atoms with Gasteiger partial charge in [-0.3, -0.25) is 4.98 Å². The molecule has 1 aromatic carbocycles. The largest absolute Gasteiger partial charge is 0.497 e. The van der Waals surface area contributed by atoms with E-state index in [0.717, 1.165) is 44.7 Å². The lowest BCUT2D eigenvalue weighted by Gasteiger charge is -2.10. The molecular formula is C17H18IN5O. The predicted octanol–water partition coefficient (Wildman–Crippen LogP) is 4.20. The first-order valence-electron chi connectivity index (χ1n) is 7.67. The van der Waals surface area contributed by atoms with Crippen molar-refractivity contribution in [2.24, 2.45) is 0 Å². The van der Waals surface area contributed by atoms with Gasteiger partial charge in [0.15, 0.2) is 0 Å². The van der Waals surface area contributed by atoms with E-state index in [2.05, 4.69) is 55.1 Å². The molecule has 2 aromatic heterocycles. The van der Waals surface area contributed by atoms with Gasteiger partial charge in [0.2, 0.25) is 5.95 Å². The van der Waals surface area contributed by atoms with E-state index >= 15 is 0 Å². The number of anilines is 3. The third-order valence-electron chi connectivity index (χ3n) is 3.43. The average molecular weight is 435 g/mol. The Kier molecular flexibility index (Phi) is 5.29. The summed E-state index contributed by atoms with van der Waals surface area (Å²) in [4.78, 5) is 13.3. The summed E-state index contributed by atoms with van der Waals surface area (Å²) in [5, 5.41) is 7.51. The van der Waals surface area contributed by atoms with Gasteiger partial charge in [0.05, 0.1) is 28.1 Å². The number of methoxy groups -OCH3 is 1. The maximum Gasteiger partial charge on any atom is 0.229 e. The fourth-order valence-electron chi connectivity index (χ4n) is 2.23. The molecule has 0 spiro atoms. The van der Waals surface area contributed by atoms with Crippen molar-refractivity contribution in [3.05, 3.63) is 40.2 Å². The minimum atomic E-state index is 0.540. The minimum absolute atomic E-state index is 0.540. The van der Waals surface area contributed by atoms with Crippen LogP contribution in [0.2, 0.25) is 0 Å². The Balaban J connectivity index is 1.86. The number of aromatic nitrogens is 3. The van der Waals surface area contributed by atoms with Gasteiger partial charge in [-0.25, -0.2) is 4.98 Å². The van der Waals surface area contributed by atoms with Crippen molar-refractivity contribution >= 4 is 50.9 Å². The third kappa shape index (κ3) is 3.84. The monoisotopic (exact) mass is 435 g/mol. The Morgan fingerprint density at radius 1 is 1.17 bits per heavy atom. The Labute approximate surface area is 154 Å². The zero-order valence-electron chi connectivity index (χ0n) is 13.5. The van der Waals surface area contributed by atoms with Crippen LogP contribution in [0.1, 0.15) is 13.3 Å². The van der Waals surface area contributed by atoms with Gasteiger partial charge in [0.25, 0.3) is 0 Å². The molecule has 0 aliphatic heterocycles. The molecule has 2 heterocycles. The number of benzene rings is 1. The minimum Gasteiger partial charge on any atom is -0.497 e. The maximum absolute atomic E-state index is 5.26. The Hall–Kier alpha value is -2.16.